The molecule has 0 atom stereocenters. The molecule has 2 heterocycles. The summed E-state index contributed by atoms with van der Waals surface area (Å²) in [6.45, 7) is 1.68. The smallest absolute Gasteiger partial charge is 0.142 e. The van der Waals surface area contributed by atoms with E-state index in [1.54, 1.807) is 13.3 Å². The largest absolute Gasteiger partial charge is 0.356 e. The molecule has 1 aliphatic rings. The van der Waals surface area contributed by atoms with E-state index in [4.69, 9.17) is 0 Å². The Labute approximate surface area is 105 Å². The Morgan fingerprint density at radius 1 is 1.44 bits per heavy atom. The van der Waals surface area contributed by atoms with Crippen molar-refractivity contribution < 1.29 is 4.79 Å². The lowest BCUT2D eigenvalue weighted by Crippen LogP contribution is -2.45. The molecule has 0 saturated heterocycles. The number of ketones is 1. The molecule has 0 unspecified atom stereocenters. The van der Waals surface area contributed by atoms with Crippen LogP contribution in [0.15, 0.2) is 18.6 Å². The van der Waals surface area contributed by atoms with Gasteiger partial charge in [-0.05, 0) is 25.8 Å². The number of rotatable bonds is 3. The van der Waals surface area contributed by atoms with E-state index in [1.807, 2.05) is 19.3 Å². The zero-order chi connectivity index (χ0) is 12.7. The van der Waals surface area contributed by atoms with Gasteiger partial charge in [0.2, 0.25) is 0 Å². The van der Waals surface area contributed by atoms with Crippen molar-refractivity contribution >= 4 is 22.6 Å². The van der Waals surface area contributed by atoms with Gasteiger partial charge in [0.1, 0.15) is 23.6 Å². The molecule has 18 heavy (non-hydrogen) atoms. The van der Waals surface area contributed by atoms with Crippen LogP contribution in [0.3, 0.4) is 0 Å². The molecule has 5 nitrogen and oxygen atoms in total. The minimum absolute atomic E-state index is 0.237. The highest BCUT2D eigenvalue weighted by atomic mass is 16.1. The number of anilines is 1. The number of fused-ring (bicyclic) bond motifs is 1. The number of aromatic nitrogens is 3. The van der Waals surface area contributed by atoms with Crippen molar-refractivity contribution in [2.75, 3.05) is 11.9 Å². The van der Waals surface area contributed by atoms with E-state index >= 15 is 0 Å². The maximum atomic E-state index is 11.3. The van der Waals surface area contributed by atoms with Crippen LogP contribution in [0, 0.1) is 5.92 Å². The summed E-state index contributed by atoms with van der Waals surface area (Å²) in [7, 11) is 2.04. The zero-order valence-electron chi connectivity index (χ0n) is 10.6. The molecular weight excluding hydrogens is 228 g/mol. The van der Waals surface area contributed by atoms with Gasteiger partial charge in [0, 0.05) is 25.2 Å². The summed E-state index contributed by atoms with van der Waals surface area (Å²) in [5.74, 6) is 1.48. The number of H-pyrrole nitrogens is 1. The highest BCUT2D eigenvalue weighted by molar-refractivity contribution is 5.87. The van der Waals surface area contributed by atoms with Crippen LogP contribution in [0.25, 0.3) is 11.0 Å². The Morgan fingerprint density at radius 3 is 2.94 bits per heavy atom. The van der Waals surface area contributed by atoms with Crippen molar-refractivity contribution in [3.63, 3.8) is 0 Å². The summed E-state index contributed by atoms with van der Waals surface area (Å²) in [6, 6.07) is 2.40. The molecule has 1 fully saturated rings. The van der Waals surface area contributed by atoms with E-state index in [-0.39, 0.29) is 5.92 Å². The standard InChI is InChI=1S/C13H16N4O/c1-8(18)9-5-10(6-9)17(2)13-11-3-4-14-12(11)15-7-16-13/h3-4,7,9-10H,5-6H2,1-2H3,(H,14,15,16)/t9-,10+. The van der Waals surface area contributed by atoms with Gasteiger partial charge in [-0.1, -0.05) is 0 Å². The van der Waals surface area contributed by atoms with E-state index in [1.165, 1.54) is 0 Å². The van der Waals surface area contributed by atoms with Crippen LogP contribution >= 0.6 is 0 Å². The van der Waals surface area contributed by atoms with E-state index < -0.39 is 0 Å². The predicted molar refractivity (Wildman–Crippen MR) is 69.5 cm³/mol. The first-order chi connectivity index (χ1) is 8.66. The van der Waals surface area contributed by atoms with Gasteiger partial charge in [-0.2, -0.15) is 0 Å². The van der Waals surface area contributed by atoms with Gasteiger partial charge in [0.05, 0.1) is 5.39 Å². The highest BCUT2D eigenvalue weighted by Gasteiger charge is 2.35. The van der Waals surface area contributed by atoms with Gasteiger partial charge >= 0.3 is 0 Å². The number of hydrogen-bond donors (Lipinski definition) is 1. The average molecular weight is 244 g/mol. The van der Waals surface area contributed by atoms with Crippen LogP contribution in [-0.2, 0) is 4.79 Å². The maximum absolute atomic E-state index is 11.3. The Bertz CT molecular complexity index is 585. The second kappa shape index (κ2) is 4.08. The summed E-state index contributed by atoms with van der Waals surface area (Å²) >= 11 is 0. The normalized spacial score (nSPS) is 22.8. The molecule has 1 N–H and O–H groups in total. The van der Waals surface area contributed by atoms with Crippen molar-refractivity contribution in [3.8, 4) is 0 Å². The highest BCUT2D eigenvalue weighted by Crippen LogP contribution is 2.35. The lowest BCUT2D eigenvalue weighted by Gasteiger charge is -2.40. The first-order valence-corrected chi connectivity index (χ1v) is 6.18. The number of carbonyl (C=O) groups excluding carboxylic acids is 1. The maximum Gasteiger partial charge on any atom is 0.142 e. The average Bonchev–Trinajstić information content (AvgIpc) is 2.73. The molecular formula is C13H16N4O. The third-order valence-electron chi connectivity index (χ3n) is 3.90. The van der Waals surface area contributed by atoms with E-state index in [0.29, 0.717) is 11.8 Å². The Morgan fingerprint density at radius 2 is 2.22 bits per heavy atom. The number of nitrogens with one attached hydrogen (secondary N) is 1. The summed E-state index contributed by atoms with van der Waals surface area (Å²) in [5.41, 5.74) is 0.856. The Balaban J connectivity index is 1.83. The summed E-state index contributed by atoms with van der Waals surface area (Å²) < 4.78 is 0. The second-order valence-corrected chi connectivity index (χ2v) is 4.98. The van der Waals surface area contributed by atoms with Gasteiger partial charge < -0.3 is 9.88 Å². The second-order valence-electron chi connectivity index (χ2n) is 4.98. The van der Waals surface area contributed by atoms with Crippen LogP contribution in [0.5, 0.6) is 0 Å². The number of aromatic amines is 1. The van der Waals surface area contributed by atoms with Gasteiger partial charge in [0.25, 0.3) is 0 Å². The fraction of sp³-hybridized carbons (Fsp3) is 0.462. The summed E-state index contributed by atoms with van der Waals surface area (Å²) in [6.07, 6.45) is 5.31. The molecule has 0 amide bonds. The number of Topliss-reactive ketones (excluding diaryl/α,β-unsaturated/α-hetero) is 1. The van der Waals surface area contributed by atoms with Crippen LogP contribution in [-0.4, -0.2) is 33.8 Å². The third-order valence-corrected chi connectivity index (χ3v) is 3.90. The van der Waals surface area contributed by atoms with Gasteiger partial charge in [-0.15, -0.1) is 0 Å². The monoisotopic (exact) mass is 244 g/mol. The fourth-order valence-electron chi connectivity index (χ4n) is 2.55. The number of hydrogen-bond acceptors (Lipinski definition) is 4. The number of carbonyl (C=O) groups is 1. The Kier molecular flexibility index (Phi) is 2.54. The SMILES string of the molecule is CC(=O)[C@H]1C[C@@H](N(C)c2ncnc3[nH]ccc23)C1. The molecule has 0 bridgehead atoms. The molecule has 0 aliphatic heterocycles. The van der Waals surface area contributed by atoms with Crippen molar-refractivity contribution in [2.45, 2.75) is 25.8 Å². The topological polar surface area (TPSA) is 61.9 Å². The number of nitrogens with zero attached hydrogens (tertiary/aromatic N) is 3. The van der Waals surface area contributed by atoms with Gasteiger partial charge in [-0.25, -0.2) is 9.97 Å². The first-order valence-electron chi connectivity index (χ1n) is 6.18. The lowest BCUT2D eigenvalue weighted by atomic mass is 9.77. The summed E-state index contributed by atoms with van der Waals surface area (Å²) in [4.78, 5) is 25.0. The van der Waals surface area contributed by atoms with Crippen LogP contribution < -0.4 is 4.90 Å². The molecule has 0 radical (unpaired) electrons. The van der Waals surface area contributed by atoms with Crippen molar-refractivity contribution in [1.29, 1.82) is 0 Å². The van der Waals surface area contributed by atoms with Gasteiger partial charge in [0.15, 0.2) is 0 Å². The molecule has 0 spiro atoms. The van der Waals surface area contributed by atoms with Crippen LogP contribution in [0.4, 0.5) is 5.82 Å². The molecule has 2 aromatic heterocycles. The van der Waals surface area contributed by atoms with E-state index in [0.717, 1.165) is 29.7 Å². The van der Waals surface area contributed by atoms with Gasteiger partial charge in [-0.3, -0.25) is 4.79 Å². The predicted octanol–water partition coefficient (Wildman–Crippen LogP) is 1.76. The van der Waals surface area contributed by atoms with Crippen LogP contribution in [0.1, 0.15) is 19.8 Å². The van der Waals surface area contributed by atoms with Crippen molar-refractivity contribution in [2.24, 2.45) is 5.92 Å². The summed E-state index contributed by atoms with van der Waals surface area (Å²) in [5, 5.41) is 1.03. The molecule has 1 saturated carbocycles. The molecule has 3 rings (SSSR count). The van der Waals surface area contributed by atoms with E-state index in [2.05, 4.69) is 19.9 Å². The van der Waals surface area contributed by atoms with E-state index in [9.17, 15) is 4.79 Å². The van der Waals surface area contributed by atoms with Crippen molar-refractivity contribution in [1.82, 2.24) is 15.0 Å². The molecule has 94 valence electrons. The zero-order valence-corrected chi connectivity index (χ0v) is 10.6. The third kappa shape index (κ3) is 1.66. The minimum atomic E-state index is 0.237. The molecule has 5 heteroatoms. The van der Waals surface area contributed by atoms with Crippen molar-refractivity contribution in [3.05, 3.63) is 18.6 Å². The Hall–Kier alpha value is -1.91. The molecule has 2 aromatic rings. The fourth-order valence-corrected chi connectivity index (χ4v) is 2.55. The minimum Gasteiger partial charge on any atom is -0.356 e. The molecule has 0 aromatic carbocycles. The molecule has 1 aliphatic carbocycles. The quantitative estimate of drug-likeness (QED) is 0.893. The van der Waals surface area contributed by atoms with Crippen LogP contribution in [0.2, 0.25) is 0 Å². The lowest BCUT2D eigenvalue weighted by molar-refractivity contribution is -0.123. The first kappa shape index (κ1) is 11.2.